The van der Waals surface area contributed by atoms with Crippen molar-refractivity contribution in [2.24, 2.45) is 5.92 Å². The molecule has 1 saturated carbocycles. The van der Waals surface area contributed by atoms with Gasteiger partial charge in [0.1, 0.15) is 35.6 Å². The zero-order chi connectivity index (χ0) is 28.9. The number of aromatic nitrogens is 2. The smallest absolute Gasteiger partial charge is 0.247 e. The van der Waals surface area contributed by atoms with Crippen molar-refractivity contribution in [1.29, 1.82) is 0 Å². The molecule has 2 aliphatic heterocycles. The van der Waals surface area contributed by atoms with Gasteiger partial charge in [0.25, 0.3) is 0 Å². The van der Waals surface area contributed by atoms with E-state index >= 15 is 0 Å². The summed E-state index contributed by atoms with van der Waals surface area (Å²) in [6.45, 7) is 2.32. The number of amides is 2. The summed E-state index contributed by atoms with van der Waals surface area (Å²) in [5.74, 6) is 2.85. The first-order valence-corrected chi connectivity index (χ1v) is 15.0. The van der Waals surface area contributed by atoms with Gasteiger partial charge in [-0.2, -0.15) is 0 Å². The number of anilines is 3. The number of carbonyl (C=O) groups is 2. The first-order chi connectivity index (χ1) is 20.5. The van der Waals surface area contributed by atoms with Gasteiger partial charge in [0.05, 0.1) is 23.4 Å². The summed E-state index contributed by atoms with van der Waals surface area (Å²) in [5, 5.41) is 10.0. The lowest BCUT2D eigenvalue weighted by Crippen LogP contribution is -2.44. The summed E-state index contributed by atoms with van der Waals surface area (Å²) in [6, 6.07) is 9.14. The van der Waals surface area contributed by atoms with Gasteiger partial charge >= 0.3 is 0 Å². The molecule has 0 unspecified atom stereocenters. The average molecular weight is 591 g/mol. The van der Waals surface area contributed by atoms with Crippen LogP contribution >= 0.6 is 11.6 Å². The van der Waals surface area contributed by atoms with E-state index < -0.39 is 0 Å². The first-order valence-electron chi connectivity index (χ1n) is 14.7. The van der Waals surface area contributed by atoms with Gasteiger partial charge in [-0.25, -0.2) is 9.97 Å². The molecule has 3 aliphatic rings. The maximum atomic E-state index is 12.9. The summed E-state index contributed by atoms with van der Waals surface area (Å²) in [4.78, 5) is 36.5. The van der Waals surface area contributed by atoms with E-state index in [-0.39, 0.29) is 17.9 Å². The minimum atomic E-state index is -0.172. The topological polar surface area (TPSA) is 122 Å². The number of rotatable bonds is 8. The number of nitrogens with zero attached hydrogens (tertiary/aromatic N) is 3. The van der Waals surface area contributed by atoms with E-state index in [1.54, 1.807) is 18.4 Å². The van der Waals surface area contributed by atoms with E-state index in [9.17, 15) is 9.59 Å². The lowest BCUT2D eigenvalue weighted by molar-refractivity contribution is -0.137. The fourth-order valence-corrected chi connectivity index (χ4v) is 6.05. The predicted octanol–water partition coefficient (Wildman–Crippen LogP) is 5.54. The average Bonchev–Trinajstić information content (AvgIpc) is 3.69. The van der Waals surface area contributed by atoms with Crippen molar-refractivity contribution in [3.05, 3.63) is 64.8 Å². The zero-order valence-corrected chi connectivity index (χ0v) is 24.2. The van der Waals surface area contributed by atoms with Crippen molar-refractivity contribution in [3.8, 4) is 5.75 Å². The maximum absolute atomic E-state index is 12.9. The van der Waals surface area contributed by atoms with Crippen LogP contribution in [0.25, 0.3) is 6.08 Å². The molecule has 2 fully saturated rings. The number of likely N-dealkylation sites (tertiary alicyclic amines) is 1. The van der Waals surface area contributed by atoms with Gasteiger partial charge in [-0.15, -0.1) is 0 Å². The number of hydrogen-bond acceptors (Lipinski definition) is 8. The van der Waals surface area contributed by atoms with Crippen molar-refractivity contribution < 1.29 is 18.7 Å². The van der Waals surface area contributed by atoms with E-state index in [0.29, 0.717) is 64.7 Å². The van der Waals surface area contributed by atoms with Gasteiger partial charge in [0.15, 0.2) is 0 Å². The molecular weight excluding hydrogens is 556 g/mol. The lowest BCUT2D eigenvalue weighted by atomic mass is 10.0. The molecule has 0 bridgehead atoms. The second kappa shape index (κ2) is 12.9. The number of hydrogen-bond donors (Lipinski definition) is 3. The maximum Gasteiger partial charge on any atom is 0.247 e. The molecule has 3 N–H and O–H groups in total. The zero-order valence-electron chi connectivity index (χ0n) is 23.4. The number of fused-ring (bicyclic) bond motifs is 1. The molecule has 220 valence electrons. The monoisotopic (exact) mass is 590 g/mol. The fraction of sp³-hybridized carbons (Fsp3) is 0.419. The highest BCUT2D eigenvalue weighted by molar-refractivity contribution is 6.32. The second-order valence-electron chi connectivity index (χ2n) is 11.0. The molecule has 1 saturated heterocycles. The molecule has 10 nitrogen and oxygen atoms in total. The summed E-state index contributed by atoms with van der Waals surface area (Å²) >= 11 is 6.64. The summed E-state index contributed by atoms with van der Waals surface area (Å²) < 4.78 is 11.6. The molecule has 2 amide bonds. The Morgan fingerprint density at radius 3 is 2.71 bits per heavy atom. The molecule has 1 aromatic carbocycles. The van der Waals surface area contributed by atoms with Crippen molar-refractivity contribution in [2.45, 2.75) is 57.6 Å². The number of benzene rings is 1. The molecule has 0 spiro atoms. The Kier molecular flexibility index (Phi) is 8.60. The largest absolute Gasteiger partial charge is 0.489 e. The van der Waals surface area contributed by atoms with Gasteiger partial charge < -0.3 is 30.0 Å². The molecule has 11 heteroatoms. The molecule has 4 heterocycles. The molecular formula is C31H35ClN6O4. The van der Waals surface area contributed by atoms with Crippen LogP contribution in [-0.2, 0) is 16.1 Å². The van der Waals surface area contributed by atoms with Crippen LogP contribution in [0.3, 0.4) is 0 Å². The number of nitrogens with one attached hydrogen (secondary N) is 3. The first kappa shape index (κ1) is 28.1. The Balaban J connectivity index is 1.09. The number of piperidine rings is 1. The van der Waals surface area contributed by atoms with E-state index in [1.165, 1.54) is 6.33 Å². The second-order valence-corrected chi connectivity index (χ2v) is 11.4. The molecule has 1 aliphatic carbocycles. The standard InChI is InChI=1S/C31H35ClN6O4/c32-26-17-22(7-8-27(26)42-23-10-13-38(14-11-23)31(40)20-4-1-2-5-20)37-29-25-16-21(9-12-33-28(25)35-19-36-29)30(39)34-18-24-6-3-15-41-24/h3,6-8,15-17,19-20,23H,1-2,4-5,9-14,18H2,(H,34,39)(H2,33,35,36,37). The van der Waals surface area contributed by atoms with Crippen LogP contribution in [0, 0.1) is 5.92 Å². The van der Waals surface area contributed by atoms with Crippen LogP contribution in [0.5, 0.6) is 5.75 Å². The van der Waals surface area contributed by atoms with E-state index in [4.69, 9.17) is 20.8 Å². The van der Waals surface area contributed by atoms with Crippen LogP contribution < -0.4 is 20.7 Å². The number of carbonyl (C=O) groups excluding carboxylic acids is 2. The molecule has 0 atom stereocenters. The summed E-state index contributed by atoms with van der Waals surface area (Å²) in [7, 11) is 0. The quantitative estimate of drug-likeness (QED) is 0.312. The highest BCUT2D eigenvalue weighted by Crippen LogP contribution is 2.34. The number of ether oxygens (including phenoxy) is 1. The number of halogens is 1. The Labute approximate surface area is 249 Å². The Morgan fingerprint density at radius 1 is 1.12 bits per heavy atom. The molecule has 2 aromatic heterocycles. The van der Waals surface area contributed by atoms with E-state index in [1.807, 2.05) is 29.2 Å². The van der Waals surface area contributed by atoms with Crippen LogP contribution in [0.2, 0.25) is 5.02 Å². The van der Waals surface area contributed by atoms with Gasteiger partial charge in [-0.05, 0) is 55.7 Å². The van der Waals surface area contributed by atoms with Crippen LogP contribution in [0.15, 0.2) is 52.9 Å². The van der Waals surface area contributed by atoms with Crippen molar-refractivity contribution in [1.82, 2.24) is 20.2 Å². The van der Waals surface area contributed by atoms with Crippen molar-refractivity contribution in [3.63, 3.8) is 0 Å². The highest BCUT2D eigenvalue weighted by atomic mass is 35.5. The van der Waals surface area contributed by atoms with E-state index in [2.05, 4.69) is 25.9 Å². The lowest BCUT2D eigenvalue weighted by Gasteiger charge is -2.33. The Hall–Kier alpha value is -4.05. The summed E-state index contributed by atoms with van der Waals surface area (Å²) in [5.41, 5.74) is 2.03. The Morgan fingerprint density at radius 2 is 1.95 bits per heavy atom. The van der Waals surface area contributed by atoms with Gasteiger partial charge in [-0.3, -0.25) is 9.59 Å². The van der Waals surface area contributed by atoms with Gasteiger partial charge in [0, 0.05) is 49.7 Å². The normalized spacial score (nSPS) is 17.5. The highest BCUT2D eigenvalue weighted by Gasteiger charge is 2.30. The number of furan rings is 1. The van der Waals surface area contributed by atoms with Crippen LogP contribution in [0.1, 0.15) is 56.3 Å². The van der Waals surface area contributed by atoms with Crippen molar-refractivity contribution >= 4 is 46.8 Å². The van der Waals surface area contributed by atoms with Gasteiger partial charge in [0.2, 0.25) is 11.8 Å². The third-order valence-electron chi connectivity index (χ3n) is 8.13. The molecule has 0 radical (unpaired) electrons. The predicted molar refractivity (Wildman–Crippen MR) is 161 cm³/mol. The third kappa shape index (κ3) is 6.54. The fourth-order valence-electron chi connectivity index (χ4n) is 5.82. The van der Waals surface area contributed by atoms with E-state index in [0.717, 1.165) is 57.3 Å². The molecule has 42 heavy (non-hydrogen) atoms. The van der Waals surface area contributed by atoms with Crippen LogP contribution in [-0.4, -0.2) is 52.4 Å². The SMILES string of the molecule is O=C(NCc1ccco1)C1=Cc2c(ncnc2Nc2ccc(OC3CCN(C(=O)C4CCCC4)CC3)c(Cl)c2)NCC1. The van der Waals surface area contributed by atoms with Gasteiger partial charge in [-0.1, -0.05) is 24.4 Å². The minimum Gasteiger partial charge on any atom is -0.489 e. The third-order valence-corrected chi connectivity index (χ3v) is 8.43. The molecule has 3 aromatic rings. The van der Waals surface area contributed by atoms with Crippen molar-refractivity contribution in [2.75, 3.05) is 30.3 Å². The minimum absolute atomic E-state index is 0.0140. The Bertz CT molecular complexity index is 1450. The van der Waals surface area contributed by atoms with Crippen LogP contribution in [0.4, 0.5) is 17.3 Å². The summed E-state index contributed by atoms with van der Waals surface area (Å²) in [6.07, 6.45) is 11.4. The molecule has 6 rings (SSSR count).